The third kappa shape index (κ3) is 5.64. The average molecular weight is 347 g/mol. The van der Waals surface area contributed by atoms with Gasteiger partial charge in [-0.3, -0.25) is 0 Å². The second kappa shape index (κ2) is 7.76. The van der Waals surface area contributed by atoms with Gasteiger partial charge in [0, 0.05) is 27.3 Å². The van der Waals surface area contributed by atoms with Crippen LogP contribution in [0.25, 0.3) is 0 Å². The van der Waals surface area contributed by atoms with E-state index in [2.05, 4.69) is 5.32 Å². The number of ether oxygens (including phenoxy) is 1. The number of aliphatic hydroxyl groups excluding tert-OH is 1. The number of hydrogen-bond donors (Lipinski definition) is 2. The summed E-state index contributed by atoms with van der Waals surface area (Å²) in [6.07, 6.45) is -0.668. The summed E-state index contributed by atoms with van der Waals surface area (Å²) in [6.45, 7) is 0.493. The third-order valence-electron chi connectivity index (χ3n) is 2.66. The zero-order valence-corrected chi connectivity index (χ0v) is 13.3. The summed E-state index contributed by atoms with van der Waals surface area (Å²) in [5.41, 5.74) is 0.748. The van der Waals surface area contributed by atoms with Crippen LogP contribution in [0.2, 0.25) is 15.1 Å². The molecular weight excluding hydrogens is 333 g/mol. The van der Waals surface area contributed by atoms with Gasteiger partial charge in [0.05, 0.1) is 0 Å². The van der Waals surface area contributed by atoms with Crippen LogP contribution in [0.5, 0.6) is 5.75 Å². The third-order valence-corrected chi connectivity index (χ3v) is 3.35. The Morgan fingerprint density at radius 1 is 0.952 bits per heavy atom. The molecule has 2 aromatic carbocycles. The highest BCUT2D eigenvalue weighted by Crippen LogP contribution is 2.22. The van der Waals surface area contributed by atoms with Crippen LogP contribution in [0.1, 0.15) is 0 Å². The summed E-state index contributed by atoms with van der Waals surface area (Å²) < 4.78 is 5.46. The van der Waals surface area contributed by atoms with E-state index in [1.807, 2.05) is 0 Å². The summed E-state index contributed by atoms with van der Waals surface area (Å²) in [4.78, 5) is 0. The number of aliphatic hydroxyl groups is 1. The fraction of sp³-hybridized carbons (Fsp3) is 0.200. The van der Waals surface area contributed by atoms with Crippen LogP contribution in [0, 0.1) is 0 Å². The lowest BCUT2D eigenvalue weighted by Gasteiger charge is -2.14. The van der Waals surface area contributed by atoms with Crippen LogP contribution in [-0.2, 0) is 0 Å². The van der Waals surface area contributed by atoms with Crippen molar-refractivity contribution in [1.82, 2.24) is 0 Å². The Balaban J connectivity index is 1.79. The van der Waals surface area contributed by atoms with E-state index in [0.29, 0.717) is 27.4 Å². The molecule has 2 N–H and O–H groups in total. The quantitative estimate of drug-likeness (QED) is 0.809. The Morgan fingerprint density at radius 2 is 1.57 bits per heavy atom. The monoisotopic (exact) mass is 345 g/mol. The largest absolute Gasteiger partial charge is 0.491 e. The highest BCUT2D eigenvalue weighted by Gasteiger charge is 2.06. The Morgan fingerprint density at radius 3 is 2.19 bits per heavy atom. The molecule has 0 aliphatic rings. The van der Waals surface area contributed by atoms with Gasteiger partial charge in [0.25, 0.3) is 0 Å². The number of rotatable bonds is 6. The van der Waals surface area contributed by atoms with E-state index >= 15 is 0 Å². The molecule has 112 valence electrons. The van der Waals surface area contributed by atoms with Gasteiger partial charge in [0.15, 0.2) is 0 Å². The molecule has 0 aliphatic heterocycles. The van der Waals surface area contributed by atoms with Crippen LogP contribution in [0.4, 0.5) is 5.69 Å². The molecule has 1 unspecified atom stereocenters. The second-order valence-electron chi connectivity index (χ2n) is 4.46. The standard InChI is InChI=1S/C15H14Cl3NO2/c16-10-1-3-15(4-2-10)21-9-14(20)8-19-13-6-11(17)5-12(18)7-13/h1-7,14,19-20H,8-9H2. The van der Waals surface area contributed by atoms with Crippen molar-refractivity contribution < 1.29 is 9.84 Å². The van der Waals surface area contributed by atoms with Crippen molar-refractivity contribution >= 4 is 40.5 Å². The van der Waals surface area contributed by atoms with Gasteiger partial charge in [0.2, 0.25) is 0 Å². The molecule has 0 bridgehead atoms. The van der Waals surface area contributed by atoms with Gasteiger partial charge < -0.3 is 15.2 Å². The van der Waals surface area contributed by atoms with Gasteiger partial charge >= 0.3 is 0 Å². The number of anilines is 1. The summed E-state index contributed by atoms with van der Waals surface area (Å²) in [7, 11) is 0. The molecule has 0 aromatic heterocycles. The normalized spacial score (nSPS) is 12.0. The maximum Gasteiger partial charge on any atom is 0.119 e. The Kier molecular flexibility index (Phi) is 6.00. The van der Waals surface area contributed by atoms with Gasteiger partial charge in [-0.1, -0.05) is 34.8 Å². The van der Waals surface area contributed by atoms with E-state index in [4.69, 9.17) is 39.5 Å². The van der Waals surface area contributed by atoms with Crippen molar-refractivity contribution in [2.45, 2.75) is 6.10 Å². The number of hydrogen-bond acceptors (Lipinski definition) is 3. The van der Waals surface area contributed by atoms with E-state index in [1.54, 1.807) is 42.5 Å². The Labute approximate surface area is 138 Å². The van der Waals surface area contributed by atoms with Crippen LogP contribution in [0.15, 0.2) is 42.5 Å². The summed E-state index contributed by atoms with van der Waals surface area (Å²) in [5.74, 6) is 0.657. The number of benzene rings is 2. The summed E-state index contributed by atoms with van der Waals surface area (Å²) in [6, 6.07) is 12.1. The molecule has 21 heavy (non-hydrogen) atoms. The average Bonchev–Trinajstić information content (AvgIpc) is 2.43. The van der Waals surface area contributed by atoms with Crippen molar-refractivity contribution in [3.8, 4) is 5.75 Å². The molecule has 0 spiro atoms. The first-order chi connectivity index (χ1) is 10.0. The molecule has 0 heterocycles. The Hall–Kier alpha value is -1.13. The number of halogens is 3. The van der Waals surface area contributed by atoms with Crippen molar-refractivity contribution in [1.29, 1.82) is 0 Å². The lowest BCUT2D eigenvalue weighted by atomic mass is 10.3. The lowest BCUT2D eigenvalue weighted by molar-refractivity contribution is 0.117. The Bertz CT molecular complexity index is 570. The van der Waals surface area contributed by atoms with E-state index in [-0.39, 0.29) is 6.61 Å². The SMILES string of the molecule is OC(CNc1cc(Cl)cc(Cl)c1)COc1ccc(Cl)cc1. The zero-order chi connectivity index (χ0) is 15.2. The topological polar surface area (TPSA) is 41.5 Å². The lowest BCUT2D eigenvalue weighted by Crippen LogP contribution is -2.26. The first-order valence-electron chi connectivity index (χ1n) is 6.29. The molecule has 0 saturated heterocycles. The van der Waals surface area contributed by atoms with E-state index in [1.165, 1.54) is 0 Å². The molecule has 3 nitrogen and oxygen atoms in total. The zero-order valence-electron chi connectivity index (χ0n) is 11.0. The van der Waals surface area contributed by atoms with Crippen LogP contribution >= 0.6 is 34.8 Å². The molecule has 0 amide bonds. The predicted molar refractivity (Wildman–Crippen MR) is 87.9 cm³/mol. The molecule has 0 aliphatic carbocycles. The summed E-state index contributed by atoms with van der Waals surface area (Å²) >= 11 is 17.6. The molecule has 0 fully saturated rings. The molecule has 0 saturated carbocycles. The second-order valence-corrected chi connectivity index (χ2v) is 5.77. The van der Waals surface area contributed by atoms with E-state index in [9.17, 15) is 5.11 Å². The molecule has 6 heteroatoms. The fourth-order valence-corrected chi connectivity index (χ4v) is 2.33. The van der Waals surface area contributed by atoms with Crippen LogP contribution < -0.4 is 10.1 Å². The molecular formula is C15H14Cl3NO2. The fourth-order valence-electron chi connectivity index (χ4n) is 1.67. The number of nitrogens with one attached hydrogen (secondary N) is 1. The van der Waals surface area contributed by atoms with Crippen molar-refractivity contribution in [2.75, 3.05) is 18.5 Å². The summed E-state index contributed by atoms with van der Waals surface area (Å²) in [5, 5.41) is 14.7. The van der Waals surface area contributed by atoms with Crippen molar-refractivity contribution in [3.05, 3.63) is 57.5 Å². The molecule has 2 rings (SSSR count). The minimum absolute atomic E-state index is 0.170. The van der Waals surface area contributed by atoms with E-state index in [0.717, 1.165) is 5.69 Å². The van der Waals surface area contributed by atoms with Crippen LogP contribution in [0.3, 0.4) is 0 Å². The maximum absolute atomic E-state index is 9.89. The minimum atomic E-state index is -0.668. The minimum Gasteiger partial charge on any atom is -0.491 e. The molecule has 1 atom stereocenters. The maximum atomic E-state index is 9.89. The van der Waals surface area contributed by atoms with E-state index < -0.39 is 6.10 Å². The highest BCUT2D eigenvalue weighted by molar-refractivity contribution is 6.35. The van der Waals surface area contributed by atoms with Crippen LogP contribution in [-0.4, -0.2) is 24.4 Å². The van der Waals surface area contributed by atoms with Gasteiger partial charge in [-0.05, 0) is 42.5 Å². The van der Waals surface area contributed by atoms with Gasteiger partial charge in [-0.15, -0.1) is 0 Å². The first-order valence-corrected chi connectivity index (χ1v) is 7.43. The van der Waals surface area contributed by atoms with Crippen molar-refractivity contribution in [2.24, 2.45) is 0 Å². The van der Waals surface area contributed by atoms with Gasteiger partial charge in [-0.2, -0.15) is 0 Å². The molecule has 2 aromatic rings. The predicted octanol–water partition coefficient (Wildman–Crippen LogP) is 4.50. The van der Waals surface area contributed by atoms with Crippen molar-refractivity contribution in [3.63, 3.8) is 0 Å². The van der Waals surface area contributed by atoms with Gasteiger partial charge in [0.1, 0.15) is 18.5 Å². The van der Waals surface area contributed by atoms with Gasteiger partial charge in [-0.25, -0.2) is 0 Å². The smallest absolute Gasteiger partial charge is 0.119 e. The molecule has 0 radical (unpaired) electrons. The highest BCUT2D eigenvalue weighted by atomic mass is 35.5. The first kappa shape index (κ1) is 16.2.